The lowest BCUT2D eigenvalue weighted by Crippen LogP contribution is -2.17. The highest BCUT2D eigenvalue weighted by Crippen LogP contribution is 2.15. The second-order valence-corrected chi connectivity index (χ2v) is 5.13. The molecule has 0 radical (unpaired) electrons. The molecular weight excluding hydrogens is 250 g/mol. The van der Waals surface area contributed by atoms with Crippen molar-refractivity contribution in [2.75, 3.05) is 7.11 Å². The summed E-state index contributed by atoms with van der Waals surface area (Å²) in [6.07, 6.45) is 0. The summed E-state index contributed by atoms with van der Waals surface area (Å²) in [6.45, 7) is 2.21. The maximum atomic E-state index is 11.8. The van der Waals surface area contributed by atoms with Crippen LogP contribution in [0.25, 0.3) is 0 Å². The van der Waals surface area contributed by atoms with E-state index >= 15 is 0 Å². The predicted molar refractivity (Wildman–Crippen MR) is 71.3 cm³/mol. The Bertz CT molecular complexity index is 583. The monoisotopic (exact) mass is 265 g/mol. The van der Waals surface area contributed by atoms with Gasteiger partial charge in [-0.25, -0.2) is 0 Å². The summed E-state index contributed by atoms with van der Waals surface area (Å²) >= 11 is 1.17. The quantitative estimate of drug-likeness (QED) is 0.916. The molecule has 0 atom stereocenters. The minimum Gasteiger partial charge on any atom is -0.497 e. The van der Waals surface area contributed by atoms with Crippen LogP contribution in [0.15, 0.2) is 29.1 Å². The van der Waals surface area contributed by atoms with Gasteiger partial charge in [0.15, 0.2) is 0 Å². The number of benzene rings is 1. The first kappa shape index (κ1) is 12.9. The van der Waals surface area contributed by atoms with Crippen LogP contribution in [0, 0.1) is 6.92 Å². The largest absolute Gasteiger partial charge is 0.497 e. The number of aromatic nitrogens is 1. The van der Waals surface area contributed by atoms with Crippen LogP contribution in [0.1, 0.15) is 16.1 Å². The van der Waals surface area contributed by atoms with Gasteiger partial charge in [-0.3, -0.25) is 9.36 Å². The van der Waals surface area contributed by atoms with Crippen molar-refractivity contribution in [3.8, 4) is 5.75 Å². The van der Waals surface area contributed by atoms with Gasteiger partial charge in [-0.15, -0.1) is 0 Å². The average Bonchev–Trinajstić information content (AvgIpc) is 2.64. The zero-order valence-electron chi connectivity index (χ0n) is 10.3. The minimum atomic E-state index is -0.110. The number of thiazole rings is 1. The number of rotatable bonds is 4. The number of aliphatic hydroxyl groups is 1. The van der Waals surface area contributed by atoms with E-state index in [2.05, 4.69) is 0 Å². The third-order valence-corrected chi connectivity index (χ3v) is 3.78. The van der Waals surface area contributed by atoms with E-state index in [-0.39, 0.29) is 11.5 Å². The van der Waals surface area contributed by atoms with Crippen LogP contribution in [0.5, 0.6) is 5.75 Å². The van der Waals surface area contributed by atoms with Crippen molar-refractivity contribution in [1.82, 2.24) is 4.57 Å². The molecule has 0 bridgehead atoms. The summed E-state index contributed by atoms with van der Waals surface area (Å²) in [6, 6.07) is 7.55. The summed E-state index contributed by atoms with van der Waals surface area (Å²) in [5.41, 5.74) is 1.70. The molecule has 0 amide bonds. The molecule has 0 aliphatic heterocycles. The summed E-state index contributed by atoms with van der Waals surface area (Å²) in [5, 5.41) is 9.30. The summed E-state index contributed by atoms with van der Waals surface area (Å²) < 4.78 is 6.70. The third kappa shape index (κ3) is 2.47. The molecule has 96 valence electrons. The fraction of sp³-hybridized carbons (Fsp3) is 0.308. The number of aliphatic hydroxyl groups excluding tert-OH is 1. The summed E-state index contributed by atoms with van der Waals surface area (Å²) in [4.78, 5) is 12.6. The molecule has 0 aliphatic carbocycles. The molecule has 1 heterocycles. The van der Waals surface area contributed by atoms with Crippen molar-refractivity contribution >= 4 is 11.3 Å². The Morgan fingerprint density at radius 3 is 2.56 bits per heavy atom. The molecule has 1 N–H and O–H groups in total. The molecule has 0 unspecified atom stereocenters. The average molecular weight is 265 g/mol. The molecule has 1 aromatic carbocycles. The smallest absolute Gasteiger partial charge is 0.307 e. The highest BCUT2D eigenvalue weighted by atomic mass is 32.1. The van der Waals surface area contributed by atoms with Crippen LogP contribution in [-0.2, 0) is 13.2 Å². The summed E-state index contributed by atoms with van der Waals surface area (Å²) in [5.74, 6) is 0.787. The van der Waals surface area contributed by atoms with Gasteiger partial charge in [-0.05, 0) is 24.6 Å². The lowest BCUT2D eigenvalue weighted by Gasteiger charge is -2.07. The summed E-state index contributed by atoms with van der Waals surface area (Å²) in [7, 11) is 1.62. The van der Waals surface area contributed by atoms with Gasteiger partial charge in [-0.2, -0.15) is 0 Å². The molecule has 4 nitrogen and oxygen atoms in total. The molecule has 2 rings (SSSR count). The Hall–Kier alpha value is -1.59. The first-order chi connectivity index (χ1) is 8.65. The van der Waals surface area contributed by atoms with Crippen molar-refractivity contribution in [2.45, 2.75) is 20.1 Å². The maximum absolute atomic E-state index is 11.8. The molecule has 0 saturated heterocycles. The molecular formula is C13H15NO3S. The predicted octanol–water partition coefficient (Wildman–Crippen LogP) is 1.77. The number of nitrogens with zero attached hydrogens (tertiary/aromatic N) is 1. The van der Waals surface area contributed by atoms with Gasteiger partial charge in [0.2, 0.25) is 0 Å². The van der Waals surface area contributed by atoms with Crippen LogP contribution in [0.3, 0.4) is 0 Å². The van der Waals surface area contributed by atoms with Gasteiger partial charge in [0.05, 0.1) is 26.0 Å². The topological polar surface area (TPSA) is 51.5 Å². The molecule has 0 aliphatic rings. The Balaban J connectivity index is 2.30. The molecule has 5 heteroatoms. The third-order valence-electron chi connectivity index (χ3n) is 2.84. The van der Waals surface area contributed by atoms with E-state index in [4.69, 9.17) is 4.74 Å². The fourth-order valence-electron chi connectivity index (χ4n) is 1.82. The molecule has 18 heavy (non-hydrogen) atoms. The molecule has 1 aromatic heterocycles. The van der Waals surface area contributed by atoms with Gasteiger partial charge in [0.25, 0.3) is 0 Å². The Kier molecular flexibility index (Phi) is 3.84. The number of aryl methyl sites for hydroxylation is 1. The van der Waals surface area contributed by atoms with E-state index in [0.29, 0.717) is 12.2 Å². The maximum Gasteiger partial charge on any atom is 0.307 e. The first-order valence-electron chi connectivity index (χ1n) is 5.58. The van der Waals surface area contributed by atoms with Gasteiger partial charge < -0.3 is 9.84 Å². The highest BCUT2D eigenvalue weighted by Gasteiger charge is 2.10. The van der Waals surface area contributed by atoms with Crippen molar-refractivity contribution in [1.29, 1.82) is 0 Å². The van der Waals surface area contributed by atoms with Crippen molar-refractivity contribution in [3.63, 3.8) is 0 Å². The number of hydrogen-bond acceptors (Lipinski definition) is 4. The van der Waals surface area contributed by atoms with Crippen molar-refractivity contribution in [2.24, 2.45) is 0 Å². The lowest BCUT2D eigenvalue weighted by atomic mass is 10.2. The van der Waals surface area contributed by atoms with Gasteiger partial charge in [0, 0.05) is 4.88 Å². The molecule has 2 aromatic rings. The van der Waals surface area contributed by atoms with Crippen molar-refractivity contribution in [3.05, 3.63) is 50.1 Å². The second kappa shape index (κ2) is 5.37. The second-order valence-electron chi connectivity index (χ2n) is 3.96. The van der Waals surface area contributed by atoms with Gasteiger partial charge >= 0.3 is 4.87 Å². The molecule has 0 spiro atoms. The Labute approximate surface area is 109 Å². The minimum absolute atomic E-state index is 0.0348. The van der Waals surface area contributed by atoms with Gasteiger partial charge in [-0.1, -0.05) is 23.5 Å². The number of hydrogen-bond donors (Lipinski definition) is 1. The Morgan fingerprint density at radius 1 is 1.33 bits per heavy atom. The normalized spacial score (nSPS) is 10.6. The van der Waals surface area contributed by atoms with Crippen molar-refractivity contribution < 1.29 is 9.84 Å². The van der Waals surface area contributed by atoms with E-state index in [1.807, 2.05) is 31.2 Å². The van der Waals surface area contributed by atoms with Crippen LogP contribution >= 0.6 is 11.3 Å². The van der Waals surface area contributed by atoms with Crippen LogP contribution < -0.4 is 9.61 Å². The van der Waals surface area contributed by atoms with Gasteiger partial charge in [0.1, 0.15) is 5.75 Å². The van der Waals surface area contributed by atoms with E-state index in [1.165, 1.54) is 11.3 Å². The van der Waals surface area contributed by atoms with E-state index in [0.717, 1.165) is 16.2 Å². The standard InChI is InChI=1S/C13H15NO3S/c1-9-12(8-15)14(13(16)18-9)7-10-3-5-11(17-2)6-4-10/h3-6,15H,7-8H2,1-2H3. The van der Waals surface area contributed by atoms with E-state index in [9.17, 15) is 9.90 Å². The zero-order valence-corrected chi connectivity index (χ0v) is 11.2. The van der Waals surface area contributed by atoms with Crippen LogP contribution in [0.4, 0.5) is 0 Å². The lowest BCUT2D eigenvalue weighted by molar-refractivity contribution is 0.270. The van der Waals surface area contributed by atoms with Crippen LogP contribution in [0.2, 0.25) is 0 Å². The van der Waals surface area contributed by atoms with Crippen LogP contribution in [-0.4, -0.2) is 16.8 Å². The fourth-order valence-corrected chi connectivity index (χ4v) is 2.65. The zero-order chi connectivity index (χ0) is 13.1. The van der Waals surface area contributed by atoms with E-state index < -0.39 is 0 Å². The first-order valence-corrected chi connectivity index (χ1v) is 6.40. The molecule has 0 fully saturated rings. The SMILES string of the molecule is COc1ccc(Cn2c(CO)c(C)sc2=O)cc1. The number of methoxy groups -OCH3 is 1. The van der Waals surface area contributed by atoms with E-state index in [1.54, 1.807) is 11.7 Å². The molecule has 0 saturated carbocycles. The number of ether oxygens (including phenoxy) is 1. The highest BCUT2D eigenvalue weighted by molar-refractivity contribution is 7.09. The Morgan fingerprint density at radius 2 is 2.00 bits per heavy atom.